The molecule has 2 aromatic carbocycles. The Balaban J connectivity index is 1.83. The third kappa shape index (κ3) is 3.31. The molecular weight excluding hydrogens is 359 g/mol. The molecule has 3 nitrogen and oxygen atoms in total. The van der Waals surface area contributed by atoms with E-state index < -0.39 is 0 Å². The van der Waals surface area contributed by atoms with Gasteiger partial charge in [-0.05, 0) is 52.2 Å². The fourth-order valence-corrected chi connectivity index (χ4v) is 3.71. The zero-order valence-electron chi connectivity index (χ0n) is 12.6. The van der Waals surface area contributed by atoms with Crippen LogP contribution in [0.25, 0.3) is 0 Å². The predicted molar refractivity (Wildman–Crippen MR) is 91.7 cm³/mol. The first-order valence-corrected chi connectivity index (χ1v) is 8.38. The number of nitrogens with zero attached hydrogens (tertiary/aromatic N) is 1. The Bertz CT molecular complexity index is 707. The Kier molecular flexibility index (Phi) is 4.78. The van der Waals surface area contributed by atoms with E-state index in [9.17, 15) is 9.18 Å². The molecule has 2 aromatic rings. The average Bonchev–Trinajstić information content (AvgIpc) is 2.99. The molecule has 1 aliphatic rings. The van der Waals surface area contributed by atoms with Gasteiger partial charge in [0.05, 0.1) is 5.56 Å². The fraction of sp³-hybridized carbons (Fsp3) is 0.278. The molecule has 0 radical (unpaired) electrons. The molecule has 0 saturated carbocycles. The third-order valence-corrected chi connectivity index (χ3v) is 5.08. The molecule has 120 valence electrons. The van der Waals surface area contributed by atoms with Crippen LogP contribution in [0.4, 0.5) is 4.39 Å². The molecule has 5 heteroatoms. The van der Waals surface area contributed by atoms with Crippen molar-refractivity contribution in [2.75, 3.05) is 19.6 Å². The molecule has 0 aromatic heterocycles. The van der Waals surface area contributed by atoms with Crippen molar-refractivity contribution >= 4 is 21.8 Å². The summed E-state index contributed by atoms with van der Waals surface area (Å²) in [5, 5.41) is 0. The summed E-state index contributed by atoms with van der Waals surface area (Å²) in [6.45, 7) is 1.79. The summed E-state index contributed by atoms with van der Waals surface area (Å²) in [6.07, 6.45) is 0. The van der Waals surface area contributed by atoms with Crippen molar-refractivity contribution in [3.05, 3.63) is 69.9 Å². The zero-order valence-corrected chi connectivity index (χ0v) is 14.2. The van der Waals surface area contributed by atoms with Crippen molar-refractivity contribution in [1.29, 1.82) is 0 Å². The minimum absolute atomic E-state index is 0.0891. The van der Waals surface area contributed by atoms with Gasteiger partial charge in [-0.25, -0.2) is 4.39 Å². The first-order valence-electron chi connectivity index (χ1n) is 7.59. The van der Waals surface area contributed by atoms with Crippen LogP contribution in [0.5, 0.6) is 0 Å². The summed E-state index contributed by atoms with van der Waals surface area (Å²) in [5.74, 6) is 0.0237. The molecule has 0 aliphatic carbocycles. The van der Waals surface area contributed by atoms with Crippen LogP contribution in [0.2, 0.25) is 0 Å². The van der Waals surface area contributed by atoms with Gasteiger partial charge < -0.3 is 10.6 Å². The van der Waals surface area contributed by atoms with Crippen LogP contribution in [0.3, 0.4) is 0 Å². The number of rotatable bonds is 3. The molecule has 23 heavy (non-hydrogen) atoms. The highest BCUT2D eigenvalue weighted by Gasteiger charge is 2.35. The number of hydrogen-bond donors (Lipinski definition) is 1. The molecule has 1 aliphatic heterocycles. The van der Waals surface area contributed by atoms with Gasteiger partial charge in [-0.3, -0.25) is 4.79 Å². The van der Waals surface area contributed by atoms with Gasteiger partial charge in [0.2, 0.25) is 0 Å². The Hall–Kier alpha value is -1.72. The Labute approximate surface area is 143 Å². The molecule has 0 bridgehead atoms. The molecule has 1 heterocycles. The number of halogens is 2. The van der Waals surface area contributed by atoms with E-state index in [0.717, 1.165) is 0 Å². The molecule has 0 unspecified atom stereocenters. The lowest BCUT2D eigenvalue weighted by atomic mass is 9.89. The van der Waals surface area contributed by atoms with Crippen molar-refractivity contribution in [1.82, 2.24) is 4.90 Å². The second kappa shape index (κ2) is 6.81. The highest BCUT2D eigenvalue weighted by atomic mass is 79.9. The maximum Gasteiger partial charge on any atom is 0.255 e. The van der Waals surface area contributed by atoms with E-state index in [4.69, 9.17) is 5.73 Å². The number of carbonyl (C=O) groups excluding carboxylic acids is 1. The second-order valence-corrected chi connectivity index (χ2v) is 6.70. The zero-order chi connectivity index (χ0) is 16.4. The number of amides is 1. The number of likely N-dealkylation sites (tertiary alicyclic amines) is 1. The number of carbonyl (C=O) groups is 1. The standard InChI is InChI=1S/C18H18BrFN2O/c19-17-8-14(20)6-7-15(17)18(23)22-10-13(9-21)16(11-22)12-4-2-1-3-5-12/h1-8,13,16H,9-11,21H2/t13-,16+/m1/s1. The van der Waals surface area contributed by atoms with Gasteiger partial charge in [0.1, 0.15) is 5.82 Å². The van der Waals surface area contributed by atoms with Crippen LogP contribution in [0.15, 0.2) is 53.0 Å². The summed E-state index contributed by atoms with van der Waals surface area (Å²) < 4.78 is 13.7. The molecule has 1 amide bonds. The van der Waals surface area contributed by atoms with E-state index in [1.54, 1.807) is 0 Å². The maximum atomic E-state index is 13.2. The van der Waals surface area contributed by atoms with Gasteiger partial charge in [0.25, 0.3) is 5.91 Å². The van der Waals surface area contributed by atoms with Crippen LogP contribution < -0.4 is 5.73 Å². The van der Waals surface area contributed by atoms with Crippen LogP contribution in [-0.2, 0) is 0 Å². The molecule has 3 rings (SSSR count). The van der Waals surface area contributed by atoms with Gasteiger partial charge in [0, 0.05) is 23.5 Å². The smallest absolute Gasteiger partial charge is 0.255 e. The molecule has 0 spiro atoms. The van der Waals surface area contributed by atoms with E-state index in [2.05, 4.69) is 28.1 Å². The lowest BCUT2D eigenvalue weighted by Crippen LogP contribution is -2.30. The van der Waals surface area contributed by atoms with E-state index in [0.29, 0.717) is 29.7 Å². The van der Waals surface area contributed by atoms with E-state index >= 15 is 0 Å². The lowest BCUT2D eigenvalue weighted by Gasteiger charge is -2.17. The summed E-state index contributed by atoms with van der Waals surface area (Å²) in [6, 6.07) is 14.3. The van der Waals surface area contributed by atoms with E-state index in [1.165, 1.54) is 23.8 Å². The van der Waals surface area contributed by atoms with Gasteiger partial charge in [-0.1, -0.05) is 30.3 Å². The summed E-state index contributed by atoms with van der Waals surface area (Å²) in [4.78, 5) is 14.6. The summed E-state index contributed by atoms with van der Waals surface area (Å²) >= 11 is 3.27. The van der Waals surface area contributed by atoms with Crippen molar-refractivity contribution in [2.24, 2.45) is 11.7 Å². The van der Waals surface area contributed by atoms with Crippen molar-refractivity contribution < 1.29 is 9.18 Å². The van der Waals surface area contributed by atoms with Crippen LogP contribution in [-0.4, -0.2) is 30.4 Å². The van der Waals surface area contributed by atoms with Crippen molar-refractivity contribution in [3.63, 3.8) is 0 Å². The SMILES string of the molecule is NC[C@@H]1CN(C(=O)c2ccc(F)cc2Br)C[C@H]1c1ccccc1. The van der Waals surface area contributed by atoms with Crippen LogP contribution in [0, 0.1) is 11.7 Å². The second-order valence-electron chi connectivity index (χ2n) is 5.85. The summed E-state index contributed by atoms with van der Waals surface area (Å²) in [5.41, 5.74) is 7.60. The monoisotopic (exact) mass is 376 g/mol. The Morgan fingerprint density at radius 3 is 2.61 bits per heavy atom. The third-order valence-electron chi connectivity index (χ3n) is 4.42. The quantitative estimate of drug-likeness (QED) is 0.891. The molecule has 2 N–H and O–H groups in total. The maximum absolute atomic E-state index is 13.2. The largest absolute Gasteiger partial charge is 0.338 e. The highest BCUT2D eigenvalue weighted by Crippen LogP contribution is 2.33. The molecule has 1 fully saturated rings. The minimum atomic E-state index is -0.364. The van der Waals surface area contributed by atoms with Crippen LogP contribution in [0.1, 0.15) is 21.8 Å². The van der Waals surface area contributed by atoms with Gasteiger partial charge in [-0.2, -0.15) is 0 Å². The Morgan fingerprint density at radius 1 is 1.22 bits per heavy atom. The van der Waals surface area contributed by atoms with Crippen molar-refractivity contribution in [3.8, 4) is 0 Å². The Morgan fingerprint density at radius 2 is 1.96 bits per heavy atom. The molecule has 2 atom stereocenters. The van der Waals surface area contributed by atoms with Gasteiger partial charge >= 0.3 is 0 Å². The van der Waals surface area contributed by atoms with Gasteiger partial charge in [-0.15, -0.1) is 0 Å². The fourth-order valence-electron chi connectivity index (χ4n) is 3.19. The van der Waals surface area contributed by atoms with Gasteiger partial charge in [0.15, 0.2) is 0 Å². The molecular formula is C18H18BrFN2O. The van der Waals surface area contributed by atoms with Crippen molar-refractivity contribution in [2.45, 2.75) is 5.92 Å². The predicted octanol–water partition coefficient (Wildman–Crippen LogP) is 3.40. The van der Waals surface area contributed by atoms with E-state index in [1.807, 2.05) is 23.1 Å². The van der Waals surface area contributed by atoms with Crippen LogP contribution >= 0.6 is 15.9 Å². The average molecular weight is 377 g/mol. The number of hydrogen-bond acceptors (Lipinski definition) is 2. The normalized spacial score (nSPS) is 20.7. The topological polar surface area (TPSA) is 46.3 Å². The highest BCUT2D eigenvalue weighted by molar-refractivity contribution is 9.10. The van der Waals surface area contributed by atoms with E-state index in [-0.39, 0.29) is 23.6 Å². The minimum Gasteiger partial charge on any atom is -0.338 e. The summed E-state index contributed by atoms with van der Waals surface area (Å²) in [7, 11) is 0. The molecule has 1 saturated heterocycles. The number of benzene rings is 2. The lowest BCUT2D eigenvalue weighted by molar-refractivity contribution is 0.0785. The first-order chi connectivity index (χ1) is 11.1. The number of nitrogens with two attached hydrogens (primary N) is 1. The first kappa shape index (κ1) is 16.1.